The minimum atomic E-state index is -0.429. The summed E-state index contributed by atoms with van der Waals surface area (Å²) in [6, 6.07) is 4.36. The van der Waals surface area contributed by atoms with Crippen molar-refractivity contribution in [1.82, 2.24) is 5.32 Å². The molecule has 0 bridgehead atoms. The number of unbranched alkanes of at least 4 members (excludes halogenated alkanes) is 2. The molecule has 0 aliphatic heterocycles. The lowest BCUT2D eigenvalue weighted by Crippen LogP contribution is -2.26. The third kappa shape index (κ3) is 5.18. The van der Waals surface area contributed by atoms with E-state index in [-0.39, 0.29) is 12.3 Å². The maximum atomic E-state index is 13.4. The molecule has 1 rings (SSSR count). The first-order valence-corrected chi connectivity index (χ1v) is 6.22. The molecule has 1 N–H and O–H groups in total. The Labute approximate surface area is 106 Å². The van der Waals surface area contributed by atoms with Crippen molar-refractivity contribution in [1.29, 1.82) is 0 Å². The number of hydrogen-bond donors (Lipinski definition) is 1. The molecule has 0 aromatic heterocycles. The molecule has 0 saturated heterocycles. The van der Waals surface area contributed by atoms with Gasteiger partial charge in [0.2, 0.25) is 5.91 Å². The molecule has 0 aliphatic rings. The zero-order chi connectivity index (χ0) is 12.7. The van der Waals surface area contributed by atoms with Crippen LogP contribution in [0.5, 0.6) is 0 Å². The Morgan fingerprint density at radius 2 is 2.18 bits per heavy atom. The highest BCUT2D eigenvalue weighted by Gasteiger charge is 2.07. The van der Waals surface area contributed by atoms with E-state index < -0.39 is 5.82 Å². The topological polar surface area (TPSA) is 29.1 Å². The van der Waals surface area contributed by atoms with Crippen molar-refractivity contribution in [3.63, 3.8) is 0 Å². The van der Waals surface area contributed by atoms with Gasteiger partial charge in [-0.15, -0.1) is 0 Å². The molecular weight excluding hydrogens is 241 g/mol. The maximum absolute atomic E-state index is 13.4. The summed E-state index contributed by atoms with van der Waals surface area (Å²) in [5.41, 5.74) is 0.377. The molecular formula is C13H17ClFNO. The van der Waals surface area contributed by atoms with Crippen molar-refractivity contribution in [2.75, 3.05) is 6.54 Å². The Morgan fingerprint density at radius 1 is 1.41 bits per heavy atom. The predicted molar refractivity (Wildman–Crippen MR) is 67.6 cm³/mol. The summed E-state index contributed by atoms with van der Waals surface area (Å²) >= 11 is 5.63. The summed E-state index contributed by atoms with van der Waals surface area (Å²) in [5, 5.41) is 3.11. The number of carbonyl (C=O) groups is 1. The van der Waals surface area contributed by atoms with Crippen molar-refractivity contribution >= 4 is 17.5 Å². The van der Waals surface area contributed by atoms with Crippen LogP contribution in [0, 0.1) is 5.82 Å². The van der Waals surface area contributed by atoms with Gasteiger partial charge in [-0.25, -0.2) is 4.39 Å². The number of amides is 1. The van der Waals surface area contributed by atoms with Crippen LogP contribution in [0.3, 0.4) is 0 Å². The summed E-state index contributed by atoms with van der Waals surface area (Å²) in [5.74, 6) is -0.580. The Kier molecular flexibility index (Phi) is 5.98. The maximum Gasteiger partial charge on any atom is 0.224 e. The lowest BCUT2D eigenvalue weighted by Gasteiger charge is -2.05. The number of carbonyl (C=O) groups excluding carboxylic acids is 1. The molecule has 0 unspecified atom stereocenters. The zero-order valence-corrected chi connectivity index (χ0v) is 10.7. The van der Waals surface area contributed by atoms with Crippen LogP contribution in [0.25, 0.3) is 0 Å². The molecule has 1 amide bonds. The van der Waals surface area contributed by atoms with Gasteiger partial charge in [-0.2, -0.15) is 0 Å². The van der Waals surface area contributed by atoms with Gasteiger partial charge < -0.3 is 5.32 Å². The monoisotopic (exact) mass is 257 g/mol. The van der Waals surface area contributed by atoms with E-state index in [0.717, 1.165) is 19.3 Å². The van der Waals surface area contributed by atoms with Gasteiger partial charge in [0, 0.05) is 11.6 Å². The number of hydrogen-bond acceptors (Lipinski definition) is 1. The SMILES string of the molecule is CCCCCNC(=O)Cc1ccc(Cl)cc1F. The quantitative estimate of drug-likeness (QED) is 0.779. The van der Waals surface area contributed by atoms with Gasteiger partial charge in [0.25, 0.3) is 0 Å². The van der Waals surface area contributed by atoms with Crippen molar-refractivity contribution < 1.29 is 9.18 Å². The van der Waals surface area contributed by atoms with E-state index in [2.05, 4.69) is 12.2 Å². The van der Waals surface area contributed by atoms with Gasteiger partial charge in [-0.1, -0.05) is 37.4 Å². The fourth-order valence-electron chi connectivity index (χ4n) is 1.50. The molecule has 4 heteroatoms. The molecule has 0 radical (unpaired) electrons. The van der Waals surface area contributed by atoms with E-state index in [1.54, 1.807) is 12.1 Å². The smallest absolute Gasteiger partial charge is 0.224 e. The van der Waals surface area contributed by atoms with Gasteiger partial charge in [0.1, 0.15) is 5.82 Å². The van der Waals surface area contributed by atoms with Crippen LogP contribution in [0.2, 0.25) is 5.02 Å². The summed E-state index contributed by atoms with van der Waals surface area (Å²) in [7, 11) is 0. The third-order valence-corrected chi connectivity index (χ3v) is 2.70. The molecule has 0 spiro atoms. The fourth-order valence-corrected chi connectivity index (χ4v) is 1.66. The average Bonchev–Trinajstić information content (AvgIpc) is 2.28. The molecule has 2 nitrogen and oxygen atoms in total. The Morgan fingerprint density at radius 3 is 2.82 bits per heavy atom. The first-order chi connectivity index (χ1) is 8.13. The van der Waals surface area contributed by atoms with Crippen molar-refractivity contribution in [3.05, 3.63) is 34.6 Å². The highest BCUT2D eigenvalue weighted by Crippen LogP contribution is 2.14. The van der Waals surface area contributed by atoms with Crippen LogP contribution < -0.4 is 5.32 Å². The zero-order valence-electron chi connectivity index (χ0n) is 9.93. The van der Waals surface area contributed by atoms with E-state index in [1.807, 2.05) is 0 Å². The molecule has 0 aliphatic carbocycles. The van der Waals surface area contributed by atoms with Gasteiger partial charge >= 0.3 is 0 Å². The molecule has 0 saturated carbocycles. The van der Waals surface area contributed by atoms with Crippen molar-refractivity contribution in [2.45, 2.75) is 32.6 Å². The number of rotatable bonds is 6. The lowest BCUT2D eigenvalue weighted by molar-refractivity contribution is -0.120. The third-order valence-electron chi connectivity index (χ3n) is 2.47. The molecule has 94 valence electrons. The van der Waals surface area contributed by atoms with Crippen LogP contribution in [0.15, 0.2) is 18.2 Å². The Bertz CT molecular complexity index is 382. The Balaban J connectivity index is 2.40. The van der Waals surface area contributed by atoms with E-state index in [9.17, 15) is 9.18 Å². The van der Waals surface area contributed by atoms with Crippen LogP contribution >= 0.6 is 11.6 Å². The summed E-state index contributed by atoms with van der Waals surface area (Å²) in [6.45, 7) is 2.76. The summed E-state index contributed by atoms with van der Waals surface area (Å²) in [6.07, 6.45) is 3.23. The predicted octanol–water partition coefficient (Wildman–Crippen LogP) is 3.33. The van der Waals surface area contributed by atoms with Crippen molar-refractivity contribution in [2.24, 2.45) is 0 Å². The van der Waals surface area contributed by atoms with E-state index in [1.165, 1.54) is 6.07 Å². The van der Waals surface area contributed by atoms with Crippen molar-refractivity contribution in [3.8, 4) is 0 Å². The van der Waals surface area contributed by atoms with Gasteiger partial charge in [0.05, 0.1) is 6.42 Å². The minimum absolute atomic E-state index is 0.0646. The van der Waals surface area contributed by atoms with Crippen LogP contribution in [-0.4, -0.2) is 12.5 Å². The molecule has 0 heterocycles. The second-order valence-electron chi connectivity index (χ2n) is 3.97. The van der Waals surface area contributed by atoms with Crippen LogP contribution in [0.1, 0.15) is 31.7 Å². The summed E-state index contributed by atoms with van der Waals surface area (Å²) < 4.78 is 13.4. The van der Waals surface area contributed by atoms with Gasteiger partial charge in [-0.05, 0) is 24.1 Å². The number of nitrogens with one attached hydrogen (secondary N) is 1. The first kappa shape index (κ1) is 14.0. The molecule has 1 aromatic rings. The lowest BCUT2D eigenvalue weighted by atomic mass is 10.1. The van der Waals surface area contributed by atoms with Gasteiger partial charge in [0.15, 0.2) is 0 Å². The van der Waals surface area contributed by atoms with E-state index >= 15 is 0 Å². The molecule has 17 heavy (non-hydrogen) atoms. The van der Waals surface area contributed by atoms with E-state index in [4.69, 9.17) is 11.6 Å². The molecule has 0 fully saturated rings. The minimum Gasteiger partial charge on any atom is -0.356 e. The number of benzene rings is 1. The normalized spacial score (nSPS) is 10.3. The first-order valence-electron chi connectivity index (χ1n) is 5.84. The highest BCUT2D eigenvalue weighted by molar-refractivity contribution is 6.30. The molecule has 0 atom stereocenters. The standard InChI is InChI=1S/C13H17ClFNO/c1-2-3-4-7-16-13(17)8-10-5-6-11(14)9-12(10)15/h5-6,9H,2-4,7-8H2,1H3,(H,16,17). The highest BCUT2D eigenvalue weighted by atomic mass is 35.5. The fraction of sp³-hybridized carbons (Fsp3) is 0.462. The van der Waals surface area contributed by atoms with E-state index in [0.29, 0.717) is 17.1 Å². The van der Waals surface area contributed by atoms with Crippen LogP contribution in [0.4, 0.5) is 4.39 Å². The Hall–Kier alpha value is -1.09. The average molecular weight is 258 g/mol. The van der Waals surface area contributed by atoms with Gasteiger partial charge in [-0.3, -0.25) is 4.79 Å². The number of halogens is 2. The second-order valence-corrected chi connectivity index (χ2v) is 4.41. The largest absolute Gasteiger partial charge is 0.356 e. The van der Waals surface area contributed by atoms with Crippen LogP contribution in [-0.2, 0) is 11.2 Å². The summed E-state index contributed by atoms with van der Waals surface area (Å²) in [4.78, 5) is 11.5. The second kappa shape index (κ2) is 7.28. The molecule has 1 aromatic carbocycles.